The van der Waals surface area contributed by atoms with Gasteiger partial charge in [0.05, 0.1) is 11.5 Å². The minimum absolute atomic E-state index is 0.00765. The molecule has 2 rings (SSSR count). The monoisotopic (exact) mass is 355 g/mol. The van der Waals surface area contributed by atoms with Crippen LogP contribution in [-0.2, 0) is 19.6 Å². The minimum Gasteiger partial charge on any atom is -0.480 e. The molecule has 0 bridgehead atoms. The van der Waals surface area contributed by atoms with Gasteiger partial charge < -0.3 is 14.3 Å². The Morgan fingerprint density at radius 3 is 2.62 bits per heavy atom. The predicted octanol–water partition coefficient (Wildman–Crippen LogP) is 1.67. The Morgan fingerprint density at radius 1 is 1.38 bits per heavy atom. The number of esters is 1. The quantitative estimate of drug-likeness (QED) is 0.756. The summed E-state index contributed by atoms with van der Waals surface area (Å²) < 4.78 is 36.9. The minimum atomic E-state index is -4.02. The molecule has 0 radical (unpaired) electrons. The van der Waals surface area contributed by atoms with Gasteiger partial charge in [-0.2, -0.15) is 4.72 Å². The topological polar surface area (TPSA) is 123 Å². The standard InChI is InChI=1S/C15H17NO7S/c1-4-22-15(19)13-8(2)11-7-10(5-6-12(11)23-13)24(20,21)16-9(3)14(17)18/h5-7,9,16H,4H2,1-3H3,(H,17,18)/t9-/m1/s1. The summed E-state index contributed by atoms with van der Waals surface area (Å²) in [5, 5.41) is 9.26. The number of sulfonamides is 1. The Morgan fingerprint density at radius 2 is 2.04 bits per heavy atom. The lowest BCUT2D eigenvalue weighted by Crippen LogP contribution is -2.38. The summed E-state index contributed by atoms with van der Waals surface area (Å²) in [7, 11) is -4.02. The van der Waals surface area contributed by atoms with Crippen molar-refractivity contribution in [3.8, 4) is 0 Å². The lowest BCUT2D eigenvalue weighted by Gasteiger charge is -2.10. The molecule has 0 unspecified atom stereocenters. The van der Waals surface area contributed by atoms with Gasteiger partial charge in [-0.1, -0.05) is 0 Å². The first-order valence-corrected chi connectivity index (χ1v) is 8.61. The highest BCUT2D eigenvalue weighted by Crippen LogP contribution is 2.28. The maximum absolute atomic E-state index is 12.2. The maximum Gasteiger partial charge on any atom is 0.374 e. The molecule has 2 aromatic rings. The number of fused-ring (bicyclic) bond motifs is 1. The van der Waals surface area contributed by atoms with Crippen molar-refractivity contribution in [1.82, 2.24) is 4.72 Å². The molecule has 1 heterocycles. The van der Waals surface area contributed by atoms with E-state index in [0.717, 1.165) is 0 Å². The van der Waals surface area contributed by atoms with Crippen LogP contribution in [0.2, 0.25) is 0 Å². The highest BCUT2D eigenvalue weighted by Gasteiger charge is 2.24. The Hall–Kier alpha value is -2.39. The van der Waals surface area contributed by atoms with Gasteiger partial charge in [0.1, 0.15) is 11.6 Å². The van der Waals surface area contributed by atoms with E-state index in [-0.39, 0.29) is 17.3 Å². The Bertz CT molecular complexity index is 898. The normalized spacial score (nSPS) is 13.0. The van der Waals surface area contributed by atoms with Crippen molar-refractivity contribution in [2.24, 2.45) is 0 Å². The summed E-state index contributed by atoms with van der Waals surface area (Å²) in [6, 6.07) is 2.74. The molecule has 130 valence electrons. The SMILES string of the molecule is CCOC(=O)c1oc2ccc(S(=O)(=O)N[C@H](C)C(=O)O)cc2c1C. The van der Waals surface area contributed by atoms with Gasteiger partial charge in [-0.05, 0) is 39.0 Å². The van der Waals surface area contributed by atoms with E-state index in [4.69, 9.17) is 14.3 Å². The molecular formula is C15H17NO7S. The number of hydrogen-bond donors (Lipinski definition) is 2. The second-order valence-corrected chi connectivity index (χ2v) is 6.83. The second kappa shape index (κ2) is 6.62. The van der Waals surface area contributed by atoms with Crippen LogP contribution < -0.4 is 4.72 Å². The van der Waals surface area contributed by atoms with Gasteiger partial charge in [0, 0.05) is 10.9 Å². The number of rotatable bonds is 6. The number of nitrogens with one attached hydrogen (secondary N) is 1. The van der Waals surface area contributed by atoms with Crippen molar-refractivity contribution in [3.63, 3.8) is 0 Å². The summed E-state index contributed by atoms with van der Waals surface area (Å²) in [4.78, 5) is 22.5. The van der Waals surface area contributed by atoms with Crippen LogP contribution in [-0.4, -0.2) is 38.1 Å². The molecule has 1 aromatic heterocycles. The van der Waals surface area contributed by atoms with Gasteiger partial charge >= 0.3 is 11.9 Å². The lowest BCUT2D eigenvalue weighted by molar-refractivity contribution is -0.138. The summed E-state index contributed by atoms with van der Waals surface area (Å²) in [5.74, 6) is -1.91. The average Bonchev–Trinajstić information content (AvgIpc) is 2.84. The fraction of sp³-hybridized carbons (Fsp3) is 0.333. The third-order valence-corrected chi connectivity index (χ3v) is 4.92. The number of benzene rings is 1. The van der Waals surface area contributed by atoms with Crippen molar-refractivity contribution in [1.29, 1.82) is 0 Å². The highest BCUT2D eigenvalue weighted by atomic mass is 32.2. The van der Waals surface area contributed by atoms with E-state index >= 15 is 0 Å². The van der Waals surface area contributed by atoms with Crippen molar-refractivity contribution in [2.45, 2.75) is 31.7 Å². The smallest absolute Gasteiger partial charge is 0.374 e. The molecule has 9 heteroatoms. The van der Waals surface area contributed by atoms with Crippen molar-refractivity contribution >= 4 is 32.9 Å². The van der Waals surface area contributed by atoms with Crippen LogP contribution in [0.15, 0.2) is 27.5 Å². The molecular weight excluding hydrogens is 338 g/mol. The zero-order chi connectivity index (χ0) is 18.1. The van der Waals surface area contributed by atoms with Crippen molar-refractivity contribution in [2.75, 3.05) is 6.61 Å². The number of furan rings is 1. The third kappa shape index (κ3) is 3.41. The van der Waals surface area contributed by atoms with E-state index in [9.17, 15) is 18.0 Å². The number of aryl methyl sites for hydroxylation is 1. The first-order chi connectivity index (χ1) is 11.2. The number of carbonyl (C=O) groups is 2. The van der Waals surface area contributed by atoms with Crippen molar-refractivity contribution < 1.29 is 32.3 Å². The van der Waals surface area contributed by atoms with Gasteiger partial charge in [-0.3, -0.25) is 4.79 Å². The third-order valence-electron chi connectivity index (χ3n) is 3.38. The van der Waals surface area contributed by atoms with Gasteiger partial charge in [-0.15, -0.1) is 0 Å². The maximum atomic E-state index is 12.2. The zero-order valence-corrected chi connectivity index (χ0v) is 14.1. The molecule has 0 aliphatic carbocycles. The summed E-state index contributed by atoms with van der Waals surface area (Å²) in [6.07, 6.45) is 0. The van der Waals surface area contributed by atoms with Crippen LogP contribution in [0.4, 0.5) is 0 Å². The molecule has 24 heavy (non-hydrogen) atoms. The Labute approximate surface area is 138 Å². The van der Waals surface area contributed by atoms with Crippen LogP contribution in [0.25, 0.3) is 11.0 Å². The van der Waals surface area contributed by atoms with Gasteiger partial charge in [0.15, 0.2) is 0 Å². The van der Waals surface area contributed by atoms with Gasteiger partial charge in [0.25, 0.3) is 0 Å². The van der Waals surface area contributed by atoms with Crippen molar-refractivity contribution in [3.05, 3.63) is 29.5 Å². The summed E-state index contributed by atoms with van der Waals surface area (Å²) in [6.45, 7) is 4.68. The molecule has 8 nitrogen and oxygen atoms in total. The molecule has 0 fully saturated rings. The van der Waals surface area contributed by atoms with Gasteiger partial charge in [0.2, 0.25) is 15.8 Å². The average molecular weight is 355 g/mol. The zero-order valence-electron chi connectivity index (χ0n) is 13.3. The fourth-order valence-electron chi connectivity index (χ4n) is 2.11. The van der Waals surface area contributed by atoms with E-state index in [1.165, 1.54) is 25.1 Å². The molecule has 0 aliphatic heterocycles. The molecule has 0 aliphatic rings. The first-order valence-electron chi connectivity index (χ1n) is 7.12. The fourth-order valence-corrected chi connectivity index (χ4v) is 3.33. The largest absolute Gasteiger partial charge is 0.480 e. The molecule has 2 N–H and O–H groups in total. The first kappa shape index (κ1) is 18.0. The Balaban J connectivity index is 2.46. The van der Waals surface area contributed by atoms with Crippen LogP contribution >= 0.6 is 0 Å². The predicted molar refractivity (Wildman–Crippen MR) is 84.3 cm³/mol. The van der Waals surface area contributed by atoms with Crippen LogP contribution in [0.3, 0.4) is 0 Å². The molecule has 0 saturated heterocycles. The number of carboxylic acids is 1. The molecule has 0 spiro atoms. The van der Waals surface area contributed by atoms with E-state index in [1.54, 1.807) is 13.8 Å². The summed E-state index contributed by atoms with van der Waals surface area (Å²) in [5.41, 5.74) is 0.785. The number of hydrogen-bond acceptors (Lipinski definition) is 6. The lowest BCUT2D eigenvalue weighted by atomic mass is 10.1. The second-order valence-electron chi connectivity index (χ2n) is 5.12. The highest BCUT2D eigenvalue weighted by molar-refractivity contribution is 7.89. The van der Waals surface area contributed by atoms with Crippen LogP contribution in [0.5, 0.6) is 0 Å². The van der Waals surface area contributed by atoms with Crippen LogP contribution in [0.1, 0.15) is 30.0 Å². The summed E-state index contributed by atoms with van der Waals surface area (Å²) >= 11 is 0. The van der Waals surface area contributed by atoms with E-state index in [2.05, 4.69) is 4.72 Å². The molecule has 1 aromatic carbocycles. The van der Waals surface area contributed by atoms with Gasteiger partial charge in [-0.25, -0.2) is 13.2 Å². The van der Waals surface area contributed by atoms with E-state index in [0.29, 0.717) is 16.5 Å². The number of carbonyl (C=O) groups excluding carboxylic acids is 1. The van der Waals surface area contributed by atoms with E-state index < -0.39 is 28.0 Å². The van der Waals surface area contributed by atoms with Crippen LogP contribution in [0, 0.1) is 6.92 Å². The molecule has 1 atom stereocenters. The number of carboxylic acid groups (broad SMARTS) is 1. The van der Waals surface area contributed by atoms with E-state index in [1.807, 2.05) is 0 Å². The molecule has 0 amide bonds. The Kier molecular flexibility index (Phi) is 4.95. The molecule has 0 saturated carbocycles. The number of ether oxygens (including phenoxy) is 1. The number of aliphatic carboxylic acids is 1.